The predicted octanol–water partition coefficient (Wildman–Crippen LogP) is 3.31. The van der Waals surface area contributed by atoms with Crippen molar-refractivity contribution in [1.82, 2.24) is 20.4 Å². The molecule has 1 fully saturated rings. The highest BCUT2D eigenvalue weighted by molar-refractivity contribution is 7.13. The van der Waals surface area contributed by atoms with E-state index in [1.54, 1.807) is 22.8 Å². The number of rotatable bonds is 4. The van der Waals surface area contributed by atoms with Crippen LogP contribution in [0.4, 0.5) is 18.0 Å². The average Bonchev–Trinajstić information content (AvgIpc) is 3.38. The van der Waals surface area contributed by atoms with Crippen LogP contribution in [0.2, 0.25) is 0 Å². The third-order valence-corrected chi connectivity index (χ3v) is 5.09. The number of thiophene rings is 1. The number of nitrogens with one attached hydrogen (secondary N) is 1. The van der Waals surface area contributed by atoms with Gasteiger partial charge in [0.25, 0.3) is 11.8 Å². The topological polar surface area (TPSA) is 88.3 Å². The molecule has 1 aliphatic rings. The van der Waals surface area contributed by atoms with Gasteiger partial charge >= 0.3 is 12.2 Å². The smallest absolute Gasteiger partial charge is 0.333 e. The second-order valence-electron chi connectivity index (χ2n) is 5.93. The van der Waals surface area contributed by atoms with Crippen LogP contribution in [-0.2, 0) is 16.9 Å². The summed E-state index contributed by atoms with van der Waals surface area (Å²) in [6.07, 6.45) is -5.05. The number of urea groups is 1. The van der Waals surface area contributed by atoms with Crippen molar-refractivity contribution >= 4 is 23.3 Å². The molecule has 1 unspecified atom stereocenters. The van der Waals surface area contributed by atoms with Crippen LogP contribution in [-0.4, -0.2) is 33.2 Å². The summed E-state index contributed by atoms with van der Waals surface area (Å²) in [4.78, 5) is 30.2. The molecule has 1 N–H and O–H groups in total. The van der Waals surface area contributed by atoms with Crippen molar-refractivity contribution in [3.05, 3.63) is 59.2 Å². The number of carbonyl (C=O) groups excluding carboxylic acids is 2. The standard InChI is InChI=1S/C17H11F3N4O3S/c18-17(19,20)16(10-5-2-1-3-6-10)14(25)24(15(26)22-16)9-12-21-13(27-23-12)11-7-4-8-28-11/h1-8H,9H2,(H,22,26). The fourth-order valence-corrected chi connectivity index (χ4v) is 3.56. The van der Waals surface area contributed by atoms with E-state index in [1.165, 1.54) is 29.5 Å². The molecule has 28 heavy (non-hydrogen) atoms. The molecule has 0 bridgehead atoms. The highest BCUT2D eigenvalue weighted by Crippen LogP contribution is 2.43. The van der Waals surface area contributed by atoms with Crippen LogP contribution in [0.15, 0.2) is 52.4 Å². The van der Waals surface area contributed by atoms with Gasteiger partial charge in [0.15, 0.2) is 5.82 Å². The summed E-state index contributed by atoms with van der Waals surface area (Å²) in [6.45, 7) is -0.551. The average molecular weight is 408 g/mol. The number of aromatic nitrogens is 2. The van der Waals surface area contributed by atoms with Gasteiger partial charge in [-0.3, -0.25) is 9.69 Å². The molecule has 1 saturated heterocycles. The molecule has 1 aliphatic heterocycles. The van der Waals surface area contributed by atoms with Gasteiger partial charge in [-0.15, -0.1) is 11.3 Å². The van der Waals surface area contributed by atoms with Gasteiger partial charge in [-0.05, 0) is 17.0 Å². The first-order valence-corrected chi connectivity index (χ1v) is 8.84. The number of nitrogens with zero attached hydrogens (tertiary/aromatic N) is 3. The van der Waals surface area contributed by atoms with Crippen LogP contribution in [0.5, 0.6) is 0 Å². The first-order chi connectivity index (χ1) is 13.3. The van der Waals surface area contributed by atoms with Gasteiger partial charge in [-0.2, -0.15) is 18.2 Å². The largest absolute Gasteiger partial charge is 0.425 e. The zero-order chi connectivity index (χ0) is 19.9. The lowest BCUT2D eigenvalue weighted by Gasteiger charge is -2.29. The summed E-state index contributed by atoms with van der Waals surface area (Å²) in [5.74, 6) is -1.38. The predicted molar refractivity (Wildman–Crippen MR) is 90.9 cm³/mol. The Kier molecular flexibility index (Phi) is 4.18. The normalized spacial score (nSPS) is 19.9. The van der Waals surface area contributed by atoms with Crippen molar-refractivity contribution < 1.29 is 27.3 Å². The lowest BCUT2D eigenvalue weighted by molar-refractivity contribution is -0.198. The molecular weight excluding hydrogens is 397 g/mol. The van der Waals surface area contributed by atoms with Crippen molar-refractivity contribution in [2.45, 2.75) is 18.3 Å². The Labute approximate surface area is 159 Å². The summed E-state index contributed by atoms with van der Waals surface area (Å²) < 4.78 is 46.8. The molecule has 0 saturated carbocycles. The molecule has 0 radical (unpaired) electrons. The third-order valence-electron chi connectivity index (χ3n) is 4.24. The Bertz CT molecular complexity index is 1020. The van der Waals surface area contributed by atoms with Crippen molar-refractivity contribution in [2.75, 3.05) is 0 Å². The van der Waals surface area contributed by atoms with Crippen molar-refractivity contribution in [3.63, 3.8) is 0 Å². The minimum absolute atomic E-state index is 0.0852. The maximum atomic E-state index is 13.9. The molecule has 3 heterocycles. The fourth-order valence-electron chi connectivity index (χ4n) is 2.92. The molecule has 144 valence electrons. The van der Waals surface area contributed by atoms with Crippen LogP contribution in [0.3, 0.4) is 0 Å². The van der Waals surface area contributed by atoms with Crippen LogP contribution in [0, 0.1) is 0 Å². The summed E-state index contributed by atoms with van der Waals surface area (Å²) in [5, 5.41) is 7.24. The Morgan fingerprint density at radius 2 is 1.89 bits per heavy atom. The van der Waals surface area contributed by atoms with Gasteiger partial charge in [0, 0.05) is 0 Å². The van der Waals surface area contributed by atoms with Gasteiger partial charge < -0.3 is 9.84 Å². The molecule has 1 atom stereocenters. The molecule has 1 aromatic carbocycles. The van der Waals surface area contributed by atoms with E-state index < -0.39 is 30.2 Å². The van der Waals surface area contributed by atoms with E-state index in [9.17, 15) is 22.8 Å². The van der Waals surface area contributed by atoms with Crippen molar-refractivity contribution in [2.24, 2.45) is 0 Å². The SMILES string of the molecule is O=C1NC(c2ccccc2)(C(F)(F)F)C(=O)N1Cc1noc(-c2cccs2)n1. The zero-order valence-corrected chi connectivity index (χ0v) is 14.8. The van der Waals surface area contributed by atoms with Crippen LogP contribution >= 0.6 is 11.3 Å². The third kappa shape index (κ3) is 2.74. The summed E-state index contributed by atoms with van der Waals surface area (Å²) in [6, 6.07) is 8.80. The first-order valence-electron chi connectivity index (χ1n) is 7.96. The summed E-state index contributed by atoms with van der Waals surface area (Å²) in [5.41, 5.74) is -3.54. The molecule has 2 aromatic heterocycles. The van der Waals surface area contributed by atoms with Gasteiger partial charge in [-0.25, -0.2) is 4.79 Å². The molecule has 0 aliphatic carbocycles. The van der Waals surface area contributed by atoms with Crippen LogP contribution < -0.4 is 5.32 Å². The number of benzene rings is 1. The highest BCUT2D eigenvalue weighted by Gasteiger charge is 2.68. The molecule has 11 heteroatoms. The van der Waals surface area contributed by atoms with Crippen molar-refractivity contribution in [1.29, 1.82) is 0 Å². The Balaban J connectivity index is 1.67. The number of halogens is 3. The zero-order valence-electron chi connectivity index (χ0n) is 13.9. The van der Waals surface area contributed by atoms with E-state index >= 15 is 0 Å². The van der Waals surface area contributed by atoms with Crippen LogP contribution in [0.25, 0.3) is 10.8 Å². The fraction of sp³-hybridized carbons (Fsp3) is 0.176. The number of hydrogen-bond donors (Lipinski definition) is 1. The van der Waals surface area contributed by atoms with Gasteiger partial charge in [0.05, 0.1) is 11.4 Å². The summed E-state index contributed by atoms with van der Waals surface area (Å²) >= 11 is 1.33. The second kappa shape index (κ2) is 6.44. The van der Waals surface area contributed by atoms with E-state index in [4.69, 9.17) is 4.52 Å². The molecule has 3 amide bonds. The Hall–Kier alpha value is -3.21. The number of carbonyl (C=O) groups is 2. The van der Waals surface area contributed by atoms with Crippen LogP contribution in [0.1, 0.15) is 11.4 Å². The second-order valence-corrected chi connectivity index (χ2v) is 6.88. The number of amides is 3. The first kappa shape index (κ1) is 18.2. The van der Waals surface area contributed by atoms with E-state index in [0.717, 1.165) is 12.1 Å². The maximum Gasteiger partial charge on any atom is 0.425 e. The molecule has 0 spiro atoms. The Morgan fingerprint density at radius 1 is 1.14 bits per heavy atom. The molecule has 7 nitrogen and oxygen atoms in total. The lowest BCUT2D eigenvalue weighted by atomic mass is 9.89. The summed E-state index contributed by atoms with van der Waals surface area (Å²) in [7, 11) is 0. The lowest BCUT2D eigenvalue weighted by Crippen LogP contribution is -2.55. The van der Waals surface area contributed by atoms with E-state index in [0.29, 0.717) is 9.78 Å². The minimum atomic E-state index is -5.05. The van der Waals surface area contributed by atoms with Gasteiger partial charge in [0.2, 0.25) is 5.54 Å². The quantitative estimate of drug-likeness (QED) is 0.670. The minimum Gasteiger partial charge on any atom is -0.333 e. The number of alkyl halides is 3. The Morgan fingerprint density at radius 3 is 2.54 bits per heavy atom. The molecule has 4 rings (SSSR count). The van der Waals surface area contributed by atoms with Gasteiger partial charge in [-0.1, -0.05) is 41.6 Å². The highest BCUT2D eigenvalue weighted by atomic mass is 32.1. The molecular formula is C17H11F3N4O3S. The number of hydrogen-bond acceptors (Lipinski definition) is 6. The van der Waals surface area contributed by atoms with E-state index in [1.807, 2.05) is 0 Å². The number of imide groups is 1. The van der Waals surface area contributed by atoms with E-state index in [2.05, 4.69) is 10.1 Å². The van der Waals surface area contributed by atoms with Gasteiger partial charge in [0.1, 0.15) is 0 Å². The monoisotopic (exact) mass is 408 g/mol. The van der Waals surface area contributed by atoms with Crippen molar-refractivity contribution in [3.8, 4) is 10.8 Å². The molecule has 3 aromatic rings. The van der Waals surface area contributed by atoms with E-state index in [-0.39, 0.29) is 17.3 Å². The maximum absolute atomic E-state index is 13.9.